The molecule has 2 unspecified atom stereocenters. The zero-order chi connectivity index (χ0) is 8.85. The summed E-state index contributed by atoms with van der Waals surface area (Å²) < 4.78 is 0. The molecule has 0 saturated heterocycles. The van der Waals surface area contributed by atoms with E-state index in [0.29, 0.717) is 5.92 Å². The predicted octanol–water partition coefficient (Wildman–Crippen LogP) is 1.76. The minimum atomic E-state index is -1.13. The second-order valence-electron chi connectivity index (χ2n) is 3.33. The van der Waals surface area contributed by atoms with Crippen molar-refractivity contribution in [2.75, 3.05) is 0 Å². The zero-order valence-corrected chi connectivity index (χ0v) is 7.75. The first-order chi connectivity index (χ1) is 5.11. The molecule has 0 aliphatic rings. The summed E-state index contributed by atoms with van der Waals surface area (Å²) >= 11 is 0. The quantitative estimate of drug-likeness (QED) is 0.602. The molecule has 0 heterocycles. The Hall–Kier alpha value is -0.0800. The maximum Gasteiger partial charge on any atom is 0.154 e. The van der Waals surface area contributed by atoms with E-state index < -0.39 is 6.29 Å². The van der Waals surface area contributed by atoms with Gasteiger partial charge in [0.2, 0.25) is 0 Å². The fourth-order valence-electron chi connectivity index (χ4n) is 1.18. The van der Waals surface area contributed by atoms with Gasteiger partial charge in [-0.2, -0.15) is 0 Å². The summed E-state index contributed by atoms with van der Waals surface area (Å²) in [5.41, 5.74) is 0. The monoisotopic (exact) mass is 160 g/mol. The molecule has 0 aliphatic heterocycles. The molecule has 68 valence electrons. The average Bonchev–Trinajstić information content (AvgIpc) is 1.99. The van der Waals surface area contributed by atoms with Gasteiger partial charge in [0.05, 0.1) is 0 Å². The second-order valence-corrected chi connectivity index (χ2v) is 3.33. The van der Waals surface area contributed by atoms with Gasteiger partial charge in [-0.3, -0.25) is 0 Å². The highest BCUT2D eigenvalue weighted by Crippen LogP contribution is 2.19. The standard InChI is InChI=1S/C9H20O2/c1-4-7(3)6-8(5-2)9(10)11/h7-11H,4-6H2,1-3H3. The third-order valence-corrected chi connectivity index (χ3v) is 2.35. The van der Waals surface area contributed by atoms with Gasteiger partial charge in [-0.05, 0) is 18.8 Å². The van der Waals surface area contributed by atoms with Crippen molar-refractivity contribution in [2.24, 2.45) is 11.8 Å². The Morgan fingerprint density at radius 1 is 1.09 bits per heavy atom. The Balaban J connectivity index is 3.68. The van der Waals surface area contributed by atoms with E-state index in [1.807, 2.05) is 6.92 Å². The Morgan fingerprint density at radius 3 is 1.91 bits per heavy atom. The van der Waals surface area contributed by atoms with Crippen LogP contribution in [0.3, 0.4) is 0 Å². The van der Waals surface area contributed by atoms with Crippen LogP contribution in [0.15, 0.2) is 0 Å². The first kappa shape index (κ1) is 10.9. The van der Waals surface area contributed by atoms with Crippen LogP contribution >= 0.6 is 0 Å². The van der Waals surface area contributed by atoms with Crippen molar-refractivity contribution in [3.63, 3.8) is 0 Å². The van der Waals surface area contributed by atoms with Crippen LogP contribution in [0, 0.1) is 11.8 Å². The van der Waals surface area contributed by atoms with Gasteiger partial charge >= 0.3 is 0 Å². The van der Waals surface area contributed by atoms with Crippen molar-refractivity contribution in [3.8, 4) is 0 Å². The molecule has 0 aromatic carbocycles. The van der Waals surface area contributed by atoms with E-state index in [1.165, 1.54) is 0 Å². The lowest BCUT2D eigenvalue weighted by Crippen LogP contribution is -2.20. The summed E-state index contributed by atoms with van der Waals surface area (Å²) in [5.74, 6) is 0.659. The van der Waals surface area contributed by atoms with Gasteiger partial charge in [0.25, 0.3) is 0 Å². The highest BCUT2D eigenvalue weighted by atomic mass is 16.5. The molecule has 0 amide bonds. The van der Waals surface area contributed by atoms with E-state index in [1.54, 1.807) is 0 Å². The van der Waals surface area contributed by atoms with Gasteiger partial charge in [0.1, 0.15) is 0 Å². The van der Waals surface area contributed by atoms with Gasteiger partial charge in [-0.1, -0.05) is 27.2 Å². The molecule has 0 radical (unpaired) electrons. The van der Waals surface area contributed by atoms with Crippen LogP contribution in [0.2, 0.25) is 0 Å². The minimum absolute atomic E-state index is 0.0601. The lowest BCUT2D eigenvalue weighted by atomic mass is 9.92. The van der Waals surface area contributed by atoms with Gasteiger partial charge in [0, 0.05) is 5.92 Å². The van der Waals surface area contributed by atoms with E-state index in [2.05, 4.69) is 13.8 Å². The summed E-state index contributed by atoms with van der Waals surface area (Å²) in [4.78, 5) is 0. The zero-order valence-electron chi connectivity index (χ0n) is 7.75. The third-order valence-electron chi connectivity index (χ3n) is 2.35. The van der Waals surface area contributed by atoms with Crippen LogP contribution < -0.4 is 0 Å². The summed E-state index contributed by atoms with van der Waals surface area (Å²) in [7, 11) is 0. The van der Waals surface area contributed by atoms with Crippen molar-refractivity contribution < 1.29 is 10.2 Å². The molecule has 0 aromatic rings. The Bertz CT molecular complexity index is 91.6. The predicted molar refractivity (Wildman–Crippen MR) is 46.1 cm³/mol. The largest absolute Gasteiger partial charge is 0.368 e. The fraction of sp³-hybridized carbons (Fsp3) is 1.00. The summed E-state index contributed by atoms with van der Waals surface area (Å²) in [6, 6.07) is 0. The van der Waals surface area contributed by atoms with Crippen LogP contribution in [-0.4, -0.2) is 16.5 Å². The van der Waals surface area contributed by atoms with Crippen molar-refractivity contribution in [2.45, 2.75) is 46.3 Å². The van der Waals surface area contributed by atoms with Gasteiger partial charge in [0.15, 0.2) is 6.29 Å². The first-order valence-electron chi connectivity index (χ1n) is 4.47. The first-order valence-corrected chi connectivity index (χ1v) is 4.47. The number of rotatable bonds is 5. The molecule has 2 N–H and O–H groups in total. The maximum atomic E-state index is 8.91. The van der Waals surface area contributed by atoms with E-state index in [0.717, 1.165) is 19.3 Å². The Labute approximate surface area is 69.2 Å². The lowest BCUT2D eigenvalue weighted by molar-refractivity contribution is -0.0900. The van der Waals surface area contributed by atoms with Gasteiger partial charge in [-0.25, -0.2) is 0 Å². The molecule has 0 aliphatic carbocycles. The van der Waals surface area contributed by atoms with Crippen LogP contribution in [-0.2, 0) is 0 Å². The molecule has 0 rings (SSSR count). The van der Waals surface area contributed by atoms with E-state index >= 15 is 0 Å². The number of hydrogen-bond donors (Lipinski definition) is 2. The van der Waals surface area contributed by atoms with E-state index in [9.17, 15) is 0 Å². The molecule has 0 bridgehead atoms. The molecular weight excluding hydrogens is 140 g/mol. The van der Waals surface area contributed by atoms with E-state index in [-0.39, 0.29) is 5.92 Å². The Kier molecular flexibility index (Phi) is 5.51. The molecule has 0 spiro atoms. The third kappa shape index (κ3) is 4.38. The van der Waals surface area contributed by atoms with Crippen molar-refractivity contribution >= 4 is 0 Å². The highest BCUT2D eigenvalue weighted by molar-refractivity contribution is 4.62. The topological polar surface area (TPSA) is 40.5 Å². The normalized spacial score (nSPS) is 16.9. The van der Waals surface area contributed by atoms with Crippen LogP contribution in [0.5, 0.6) is 0 Å². The number of aliphatic hydroxyl groups excluding tert-OH is 1. The lowest BCUT2D eigenvalue weighted by Gasteiger charge is -2.19. The van der Waals surface area contributed by atoms with Crippen molar-refractivity contribution in [1.29, 1.82) is 0 Å². The smallest absolute Gasteiger partial charge is 0.154 e. The van der Waals surface area contributed by atoms with Crippen LogP contribution in [0.4, 0.5) is 0 Å². The number of hydrogen-bond acceptors (Lipinski definition) is 2. The molecule has 2 atom stereocenters. The summed E-state index contributed by atoms with van der Waals surface area (Å²) in [5, 5.41) is 17.8. The van der Waals surface area contributed by atoms with Crippen LogP contribution in [0.25, 0.3) is 0 Å². The molecule has 0 aromatic heterocycles. The summed E-state index contributed by atoms with van der Waals surface area (Å²) in [6.45, 7) is 6.26. The fourth-order valence-corrected chi connectivity index (χ4v) is 1.18. The molecular formula is C9H20O2. The maximum absolute atomic E-state index is 8.91. The van der Waals surface area contributed by atoms with E-state index in [4.69, 9.17) is 10.2 Å². The summed E-state index contributed by atoms with van der Waals surface area (Å²) in [6.07, 6.45) is 1.75. The van der Waals surface area contributed by atoms with Crippen molar-refractivity contribution in [3.05, 3.63) is 0 Å². The molecule has 0 saturated carbocycles. The molecule has 0 fully saturated rings. The minimum Gasteiger partial charge on any atom is -0.368 e. The second kappa shape index (κ2) is 5.56. The molecule has 2 heteroatoms. The molecule has 11 heavy (non-hydrogen) atoms. The molecule has 2 nitrogen and oxygen atoms in total. The van der Waals surface area contributed by atoms with Gasteiger partial charge < -0.3 is 10.2 Å². The average molecular weight is 160 g/mol. The van der Waals surface area contributed by atoms with Crippen LogP contribution in [0.1, 0.15) is 40.0 Å². The number of aliphatic hydroxyl groups is 2. The van der Waals surface area contributed by atoms with Gasteiger partial charge in [-0.15, -0.1) is 0 Å². The highest BCUT2D eigenvalue weighted by Gasteiger charge is 2.16. The Morgan fingerprint density at radius 2 is 1.64 bits per heavy atom. The van der Waals surface area contributed by atoms with Crippen molar-refractivity contribution in [1.82, 2.24) is 0 Å². The SMILES string of the molecule is CCC(C)CC(CC)C(O)O.